The smallest absolute Gasteiger partial charge is 0.0182 e. The van der Waals surface area contributed by atoms with Gasteiger partial charge in [-0.1, -0.05) is 13.8 Å². The molecule has 138 valence electrons. The maximum Gasteiger partial charge on any atom is 0.0182 e. The Balaban J connectivity index is 1.29. The number of hydrogen-bond donors (Lipinski definition) is 1. The quantitative estimate of drug-likeness (QED) is 0.806. The van der Waals surface area contributed by atoms with Crippen LogP contribution in [0.2, 0.25) is 0 Å². The van der Waals surface area contributed by atoms with Gasteiger partial charge in [0, 0.05) is 18.6 Å². The summed E-state index contributed by atoms with van der Waals surface area (Å²) in [7, 11) is 0. The van der Waals surface area contributed by atoms with Crippen molar-refractivity contribution in [2.75, 3.05) is 26.2 Å². The molecule has 2 heteroatoms. The van der Waals surface area contributed by atoms with E-state index in [9.17, 15) is 0 Å². The first-order valence-corrected chi connectivity index (χ1v) is 10.8. The number of hydrogen-bond acceptors (Lipinski definition) is 2. The van der Waals surface area contributed by atoms with Crippen molar-refractivity contribution in [3.63, 3.8) is 0 Å². The molecule has 0 bridgehead atoms. The van der Waals surface area contributed by atoms with Gasteiger partial charge in [0.2, 0.25) is 0 Å². The van der Waals surface area contributed by atoms with Gasteiger partial charge in [-0.05, 0) is 107 Å². The second-order valence-corrected chi connectivity index (χ2v) is 10.9. The minimum Gasteiger partial charge on any atom is -0.317 e. The molecule has 2 nitrogen and oxygen atoms in total. The summed E-state index contributed by atoms with van der Waals surface area (Å²) in [6, 6.07) is 0. The summed E-state index contributed by atoms with van der Waals surface area (Å²) in [5.74, 6) is 2.84. The molecule has 1 N–H and O–H groups in total. The minimum atomic E-state index is 0.441. The third-order valence-electron chi connectivity index (χ3n) is 8.92. The highest BCUT2D eigenvalue weighted by Gasteiger charge is 2.56. The van der Waals surface area contributed by atoms with Crippen LogP contribution in [0.5, 0.6) is 0 Å². The molecular weight excluding hydrogens is 292 g/mol. The Morgan fingerprint density at radius 2 is 1.50 bits per heavy atom. The molecule has 2 aliphatic carbocycles. The van der Waals surface area contributed by atoms with Crippen LogP contribution in [0.4, 0.5) is 0 Å². The Bertz CT molecular complexity index is 437. The number of likely N-dealkylation sites (tertiary alicyclic amines) is 1. The predicted octanol–water partition coefficient (Wildman–Crippen LogP) is 4.69. The first-order valence-electron chi connectivity index (χ1n) is 10.8. The Kier molecular flexibility index (Phi) is 4.32. The Morgan fingerprint density at radius 3 is 2.04 bits per heavy atom. The highest BCUT2D eigenvalue weighted by molar-refractivity contribution is 5.09. The Morgan fingerprint density at radius 1 is 0.917 bits per heavy atom. The lowest BCUT2D eigenvalue weighted by molar-refractivity contribution is -0.146. The van der Waals surface area contributed by atoms with Crippen LogP contribution in [0, 0.1) is 28.6 Å². The van der Waals surface area contributed by atoms with Gasteiger partial charge in [0.25, 0.3) is 0 Å². The van der Waals surface area contributed by atoms with Crippen molar-refractivity contribution in [3.05, 3.63) is 0 Å². The zero-order valence-electron chi connectivity index (χ0n) is 16.7. The molecule has 2 saturated carbocycles. The molecule has 2 aliphatic heterocycles. The molecule has 0 aromatic heterocycles. The van der Waals surface area contributed by atoms with E-state index in [1.165, 1.54) is 77.5 Å². The molecule has 4 aliphatic rings. The minimum absolute atomic E-state index is 0.441. The maximum absolute atomic E-state index is 3.55. The standard InChI is InChI=1S/C22H40N2/c1-17(2)18-5-7-22(8-6-18)15-24(16-22)20(3,4)19-13-21(14-19)9-11-23-12-10-21/h17-19,23H,5-16H2,1-4H3. The summed E-state index contributed by atoms with van der Waals surface area (Å²) in [4.78, 5) is 2.86. The molecule has 0 radical (unpaired) electrons. The molecule has 0 atom stereocenters. The van der Waals surface area contributed by atoms with Crippen LogP contribution >= 0.6 is 0 Å². The van der Waals surface area contributed by atoms with E-state index in [2.05, 4.69) is 37.9 Å². The molecule has 0 unspecified atom stereocenters. The SMILES string of the molecule is CC(C)C1CCC2(CC1)CN(C(C)(C)C1CC3(CCNCC3)C1)C2. The molecule has 0 aromatic carbocycles. The van der Waals surface area contributed by atoms with Crippen LogP contribution < -0.4 is 5.32 Å². The summed E-state index contributed by atoms with van der Waals surface area (Å²) < 4.78 is 0. The number of piperidine rings is 1. The first kappa shape index (κ1) is 17.3. The van der Waals surface area contributed by atoms with Gasteiger partial charge < -0.3 is 5.32 Å². The van der Waals surface area contributed by atoms with Crippen molar-refractivity contribution in [3.8, 4) is 0 Å². The third kappa shape index (κ3) is 2.86. The van der Waals surface area contributed by atoms with Crippen LogP contribution in [0.1, 0.15) is 79.1 Å². The van der Waals surface area contributed by atoms with Crippen molar-refractivity contribution in [1.82, 2.24) is 10.2 Å². The van der Waals surface area contributed by atoms with Crippen LogP contribution in [0.3, 0.4) is 0 Å². The Labute approximate surface area is 150 Å². The average molecular weight is 333 g/mol. The van der Waals surface area contributed by atoms with E-state index in [-0.39, 0.29) is 0 Å². The van der Waals surface area contributed by atoms with E-state index < -0.39 is 0 Å². The van der Waals surface area contributed by atoms with Crippen LogP contribution in [-0.4, -0.2) is 36.6 Å². The largest absolute Gasteiger partial charge is 0.317 e. The van der Waals surface area contributed by atoms with Gasteiger partial charge in [-0.15, -0.1) is 0 Å². The van der Waals surface area contributed by atoms with E-state index >= 15 is 0 Å². The zero-order valence-corrected chi connectivity index (χ0v) is 16.7. The van der Waals surface area contributed by atoms with Gasteiger partial charge in [-0.3, -0.25) is 4.90 Å². The van der Waals surface area contributed by atoms with Gasteiger partial charge >= 0.3 is 0 Å². The highest BCUT2D eigenvalue weighted by Crippen LogP contribution is 2.58. The fourth-order valence-corrected chi connectivity index (χ4v) is 6.52. The van der Waals surface area contributed by atoms with E-state index in [4.69, 9.17) is 0 Å². The lowest BCUT2D eigenvalue weighted by atomic mass is 9.52. The van der Waals surface area contributed by atoms with E-state index in [1.807, 2.05) is 0 Å². The summed E-state index contributed by atoms with van der Waals surface area (Å²) in [6.45, 7) is 15.3. The normalized spacial score (nSPS) is 33.6. The second-order valence-electron chi connectivity index (χ2n) is 10.9. The lowest BCUT2D eigenvalue weighted by Gasteiger charge is -2.65. The van der Waals surface area contributed by atoms with E-state index in [0.717, 1.165) is 23.2 Å². The molecule has 2 saturated heterocycles. The van der Waals surface area contributed by atoms with E-state index in [0.29, 0.717) is 11.0 Å². The van der Waals surface area contributed by atoms with Crippen LogP contribution in [0.15, 0.2) is 0 Å². The fraction of sp³-hybridized carbons (Fsp3) is 1.00. The molecule has 4 rings (SSSR count). The van der Waals surface area contributed by atoms with Gasteiger partial charge in [-0.2, -0.15) is 0 Å². The molecule has 0 amide bonds. The molecule has 4 fully saturated rings. The predicted molar refractivity (Wildman–Crippen MR) is 102 cm³/mol. The highest BCUT2D eigenvalue weighted by atomic mass is 15.3. The number of rotatable bonds is 3. The topological polar surface area (TPSA) is 15.3 Å². The molecule has 2 heterocycles. The van der Waals surface area contributed by atoms with Crippen molar-refractivity contribution in [2.24, 2.45) is 28.6 Å². The molecule has 24 heavy (non-hydrogen) atoms. The summed E-state index contributed by atoms with van der Waals surface area (Å²) >= 11 is 0. The number of nitrogens with zero attached hydrogens (tertiary/aromatic N) is 1. The molecule has 0 aromatic rings. The fourth-order valence-electron chi connectivity index (χ4n) is 6.52. The lowest BCUT2D eigenvalue weighted by Crippen LogP contribution is -2.68. The molecular formula is C22H40N2. The van der Waals surface area contributed by atoms with Crippen molar-refractivity contribution >= 4 is 0 Å². The van der Waals surface area contributed by atoms with Crippen molar-refractivity contribution in [2.45, 2.75) is 84.6 Å². The molecule has 2 spiro atoms. The monoisotopic (exact) mass is 332 g/mol. The Hall–Kier alpha value is -0.0800. The van der Waals surface area contributed by atoms with Gasteiger partial charge in [0.1, 0.15) is 0 Å². The van der Waals surface area contributed by atoms with Gasteiger partial charge in [-0.25, -0.2) is 0 Å². The summed E-state index contributed by atoms with van der Waals surface area (Å²) in [5, 5.41) is 3.55. The van der Waals surface area contributed by atoms with Crippen LogP contribution in [0.25, 0.3) is 0 Å². The maximum atomic E-state index is 3.55. The summed E-state index contributed by atoms with van der Waals surface area (Å²) in [5.41, 5.74) is 1.88. The van der Waals surface area contributed by atoms with Gasteiger partial charge in [0.05, 0.1) is 0 Å². The van der Waals surface area contributed by atoms with Gasteiger partial charge in [0.15, 0.2) is 0 Å². The van der Waals surface area contributed by atoms with Crippen LogP contribution in [-0.2, 0) is 0 Å². The van der Waals surface area contributed by atoms with Crippen molar-refractivity contribution in [1.29, 1.82) is 0 Å². The average Bonchev–Trinajstić information content (AvgIpc) is 2.51. The third-order valence-corrected chi connectivity index (χ3v) is 8.92. The van der Waals surface area contributed by atoms with Crippen molar-refractivity contribution < 1.29 is 0 Å². The van der Waals surface area contributed by atoms with E-state index in [1.54, 1.807) is 0 Å². The second kappa shape index (κ2) is 5.98. The number of nitrogens with one attached hydrogen (secondary N) is 1. The zero-order chi connectivity index (χ0) is 17.0. The summed E-state index contributed by atoms with van der Waals surface area (Å²) in [6.07, 6.45) is 11.9. The first-order chi connectivity index (χ1) is 11.3.